The summed E-state index contributed by atoms with van der Waals surface area (Å²) < 4.78 is 5.18. The molecule has 1 aliphatic heterocycles. The molecule has 0 aliphatic carbocycles. The highest BCUT2D eigenvalue weighted by atomic mass is 35.5. The van der Waals surface area contributed by atoms with E-state index in [4.69, 9.17) is 16.3 Å². The molecule has 136 valence electrons. The zero-order valence-corrected chi connectivity index (χ0v) is 15.3. The number of rotatable bonds is 5. The van der Waals surface area contributed by atoms with Gasteiger partial charge in [-0.2, -0.15) is 0 Å². The maximum absolute atomic E-state index is 12.6. The zero-order chi connectivity index (χ0) is 18.5. The Bertz CT molecular complexity index is 792. The third-order valence-electron chi connectivity index (χ3n) is 4.59. The van der Waals surface area contributed by atoms with Gasteiger partial charge in [0.25, 0.3) is 5.91 Å². The Morgan fingerprint density at radius 3 is 2.62 bits per heavy atom. The van der Waals surface area contributed by atoms with Gasteiger partial charge in [-0.3, -0.25) is 9.59 Å². The molecule has 0 bridgehead atoms. The Kier molecular flexibility index (Phi) is 5.78. The number of nitrogens with zero attached hydrogens (tertiary/aromatic N) is 1. The van der Waals surface area contributed by atoms with Crippen LogP contribution in [0.15, 0.2) is 48.5 Å². The number of carbonyl (C=O) groups is 2. The molecule has 1 atom stereocenters. The summed E-state index contributed by atoms with van der Waals surface area (Å²) in [4.78, 5) is 26.7. The molecule has 26 heavy (non-hydrogen) atoms. The van der Waals surface area contributed by atoms with E-state index < -0.39 is 0 Å². The van der Waals surface area contributed by atoms with Crippen LogP contribution in [0.4, 0.5) is 0 Å². The monoisotopic (exact) mass is 372 g/mol. The van der Waals surface area contributed by atoms with E-state index >= 15 is 0 Å². The van der Waals surface area contributed by atoms with Gasteiger partial charge in [0.05, 0.1) is 30.3 Å². The molecular formula is C20H21ClN2O3. The molecule has 0 saturated carbocycles. The predicted octanol–water partition coefficient (Wildman–Crippen LogP) is 3.44. The van der Waals surface area contributed by atoms with Gasteiger partial charge >= 0.3 is 0 Å². The summed E-state index contributed by atoms with van der Waals surface area (Å²) in [5.74, 6) is 0.351. The number of amides is 2. The SMILES string of the molecule is COc1ccc(C2CCCN2C(=O)CNC(=O)c2ccccc2Cl)cc1. The fourth-order valence-electron chi connectivity index (χ4n) is 3.24. The van der Waals surface area contributed by atoms with Gasteiger partial charge in [0, 0.05) is 6.54 Å². The van der Waals surface area contributed by atoms with E-state index in [0.29, 0.717) is 17.1 Å². The average molecular weight is 373 g/mol. The highest BCUT2D eigenvalue weighted by Gasteiger charge is 2.30. The van der Waals surface area contributed by atoms with Crippen molar-refractivity contribution in [2.45, 2.75) is 18.9 Å². The van der Waals surface area contributed by atoms with Gasteiger partial charge in [-0.1, -0.05) is 35.9 Å². The molecule has 5 nitrogen and oxygen atoms in total. The number of carbonyl (C=O) groups excluding carboxylic acids is 2. The lowest BCUT2D eigenvalue weighted by atomic mass is 10.0. The van der Waals surface area contributed by atoms with Crippen LogP contribution in [-0.2, 0) is 4.79 Å². The molecule has 1 saturated heterocycles. The lowest BCUT2D eigenvalue weighted by molar-refractivity contribution is -0.131. The lowest BCUT2D eigenvalue weighted by Gasteiger charge is -2.25. The summed E-state index contributed by atoms with van der Waals surface area (Å²) in [6.45, 7) is 0.647. The van der Waals surface area contributed by atoms with Crippen LogP contribution in [0.2, 0.25) is 5.02 Å². The minimum absolute atomic E-state index is 0.0330. The van der Waals surface area contributed by atoms with E-state index in [1.165, 1.54) is 0 Å². The van der Waals surface area contributed by atoms with Gasteiger partial charge in [-0.15, -0.1) is 0 Å². The molecule has 1 N–H and O–H groups in total. The summed E-state index contributed by atoms with van der Waals surface area (Å²) >= 11 is 6.02. The largest absolute Gasteiger partial charge is 0.497 e. The first kappa shape index (κ1) is 18.3. The van der Waals surface area contributed by atoms with Crippen LogP contribution in [0.25, 0.3) is 0 Å². The number of hydrogen-bond acceptors (Lipinski definition) is 3. The van der Waals surface area contributed by atoms with Crippen LogP contribution in [0.3, 0.4) is 0 Å². The molecule has 2 amide bonds. The highest BCUT2D eigenvalue weighted by Crippen LogP contribution is 2.32. The van der Waals surface area contributed by atoms with E-state index in [2.05, 4.69) is 5.32 Å². The molecule has 1 heterocycles. The fraction of sp³-hybridized carbons (Fsp3) is 0.300. The third-order valence-corrected chi connectivity index (χ3v) is 4.92. The predicted molar refractivity (Wildman–Crippen MR) is 100 cm³/mol. The van der Waals surface area contributed by atoms with Gasteiger partial charge in [-0.25, -0.2) is 0 Å². The Labute approximate surface area is 157 Å². The normalized spacial score (nSPS) is 16.4. The lowest BCUT2D eigenvalue weighted by Crippen LogP contribution is -2.39. The number of likely N-dealkylation sites (tertiary alicyclic amines) is 1. The van der Waals surface area contributed by atoms with E-state index in [1.807, 2.05) is 29.2 Å². The molecule has 6 heteroatoms. The summed E-state index contributed by atoms with van der Waals surface area (Å²) in [6, 6.07) is 14.6. The summed E-state index contributed by atoms with van der Waals surface area (Å²) in [5.41, 5.74) is 1.45. The van der Waals surface area contributed by atoms with Crippen LogP contribution in [0.5, 0.6) is 5.75 Å². The van der Waals surface area contributed by atoms with E-state index in [9.17, 15) is 9.59 Å². The number of benzene rings is 2. The van der Waals surface area contributed by atoms with E-state index in [0.717, 1.165) is 24.2 Å². The number of methoxy groups -OCH3 is 1. The Morgan fingerprint density at radius 1 is 1.19 bits per heavy atom. The maximum Gasteiger partial charge on any atom is 0.253 e. The van der Waals surface area contributed by atoms with Crippen LogP contribution < -0.4 is 10.1 Å². The van der Waals surface area contributed by atoms with Gasteiger partial charge in [0.2, 0.25) is 5.91 Å². The quantitative estimate of drug-likeness (QED) is 0.874. The van der Waals surface area contributed by atoms with Crippen LogP contribution in [-0.4, -0.2) is 36.9 Å². The molecular weight excluding hydrogens is 352 g/mol. The minimum atomic E-state index is -0.343. The van der Waals surface area contributed by atoms with Crippen molar-refractivity contribution in [3.63, 3.8) is 0 Å². The maximum atomic E-state index is 12.6. The van der Waals surface area contributed by atoms with Gasteiger partial charge in [0.1, 0.15) is 5.75 Å². The third kappa shape index (κ3) is 3.99. The molecule has 1 fully saturated rings. The van der Waals surface area contributed by atoms with Crippen molar-refractivity contribution < 1.29 is 14.3 Å². The second-order valence-electron chi connectivity index (χ2n) is 6.18. The second-order valence-corrected chi connectivity index (χ2v) is 6.59. The van der Waals surface area contributed by atoms with Crippen LogP contribution >= 0.6 is 11.6 Å². The first-order valence-electron chi connectivity index (χ1n) is 8.56. The number of ether oxygens (including phenoxy) is 1. The van der Waals surface area contributed by atoms with Crippen molar-refractivity contribution >= 4 is 23.4 Å². The number of halogens is 1. The van der Waals surface area contributed by atoms with Crippen molar-refractivity contribution in [3.8, 4) is 5.75 Å². The average Bonchev–Trinajstić information content (AvgIpc) is 3.16. The number of hydrogen-bond donors (Lipinski definition) is 1. The topological polar surface area (TPSA) is 58.6 Å². The van der Waals surface area contributed by atoms with Crippen LogP contribution in [0, 0.1) is 0 Å². The first-order chi connectivity index (χ1) is 12.6. The van der Waals surface area contributed by atoms with Crippen molar-refractivity contribution in [1.29, 1.82) is 0 Å². The zero-order valence-electron chi connectivity index (χ0n) is 14.6. The van der Waals surface area contributed by atoms with Gasteiger partial charge in [-0.05, 0) is 42.7 Å². The first-order valence-corrected chi connectivity index (χ1v) is 8.94. The van der Waals surface area contributed by atoms with Crippen molar-refractivity contribution in [3.05, 3.63) is 64.7 Å². The Morgan fingerprint density at radius 2 is 1.92 bits per heavy atom. The second kappa shape index (κ2) is 8.23. The number of nitrogens with one attached hydrogen (secondary N) is 1. The smallest absolute Gasteiger partial charge is 0.253 e. The van der Waals surface area contributed by atoms with Crippen molar-refractivity contribution in [2.24, 2.45) is 0 Å². The Hall–Kier alpha value is -2.53. The molecule has 0 spiro atoms. The van der Waals surface area contributed by atoms with Crippen molar-refractivity contribution in [1.82, 2.24) is 10.2 Å². The van der Waals surface area contributed by atoms with E-state index in [-0.39, 0.29) is 24.4 Å². The standard InChI is InChI=1S/C20H21ClN2O3/c1-26-15-10-8-14(9-11-15)18-7-4-12-23(18)19(24)13-22-20(25)16-5-2-3-6-17(16)21/h2-3,5-6,8-11,18H,4,7,12-13H2,1H3,(H,22,25). The van der Waals surface area contributed by atoms with Gasteiger partial charge in [0.15, 0.2) is 0 Å². The summed E-state index contributed by atoms with van der Waals surface area (Å²) in [5, 5.41) is 3.04. The van der Waals surface area contributed by atoms with Crippen molar-refractivity contribution in [2.75, 3.05) is 20.2 Å². The van der Waals surface area contributed by atoms with Crippen LogP contribution in [0.1, 0.15) is 34.8 Å². The highest BCUT2D eigenvalue weighted by molar-refractivity contribution is 6.33. The fourth-order valence-corrected chi connectivity index (χ4v) is 3.46. The molecule has 1 aliphatic rings. The minimum Gasteiger partial charge on any atom is -0.497 e. The molecule has 0 aromatic heterocycles. The van der Waals surface area contributed by atoms with E-state index in [1.54, 1.807) is 31.4 Å². The molecule has 1 unspecified atom stereocenters. The molecule has 0 radical (unpaired) electrons. The molecule has 2 aromatic rings. The molecule has 3 rings (SSSR count). The van der Waals surface area contributed by atoms with Gasteiger partial charge < -0.3 is 15.0 Å². The summed E-state index contributed by atoms with van der Waals surface area (Å²) in [7, 11) is 1.63. The Balaban J connectivity index is 1.63. The summed E-state index contributed by atoms with van der Waals surface area (Å²) in [6.07, 6.45) is 1.86. The molecule has 2 aromatic carbocycles.